The average molecular weight is 351 g/mol. The Morgan fingerprint density at radius 2 is 2.12 bits per heavy atom. The van der Waals surface area contributed by atoms with E-state index >= 15 is 0 Å². The summed E-state index contributed by atoms with van der Waals surface area (Å²) in [7, 11) is 1.66. The van der Waals surface area contributed by atoms with Gasteiger partial charge < -0.3 is 14.6 Å². The summed E-state index contributed by atoms with van der Waals surface area (Å²) in [5, 5.41) is 4.64. The molecule has 2 aromatic heterocycles. The molecule has 0 radical (unpaired) electrons. The Morgan fingerprint density at radius 1 is 1.24 bits per heavy atom. The number of carbonyl (C=O) groups is 1. The largest absolute Gasteiger partial charge is 0.497 e. The normalized spacial score (nSPS) is 11.1. The maximum absolute atomic E-state index is 12.2. The minimum absolute atomic E-state index is 0.0329. The van der Waals surface area contributed by atoms with Gasteiger partial charge in [0.05, 0.1) is 17.3 Å². The molecular formula is C19H17N3O2S. The van der Waals surface area contributed by atoms with E-state index in [1.807, 2.05) is 54.7 Å². The number of hydrogen-bond acceptors (Lipinski definition) is 4. The monoisotopic (exact) mass is 351 g/mol. The van der Waals surface area contributed by atoms with Crippen LogP contribution in [0.25, 0.3) is 21.1 Å². The molecule has 0 aliphatic rings. The highest BCUT2D eigenvalue weighted by molar-refractivity contribution is 7.22. The summed E-state index contributed by atoms with van der Waals surface area (Å²) in [6.45, 7) is 0.618. The Hall–Kier alpha value is -2.86. The summed E-state index contributed by atoms with van der Waals surface area (Å²) < 4.78 is 8.39. The standard InChI is InChI=1S/C19H17N3O2S/c1-24-14-6-7-16-13(12-14)8-10-22(16)11-9-18(23)21-19-20-15-4-2-3-5-17(15)25-19/h2-8,10,12H,9,11H2,1H3,(H,20,21,23). The molecule has 0 bridgehead atoms. The molecule has 0 fully saturated rings. The van der Waals surface area contributed by atoms with E-state index in [-0.39, 0.29) is 5.91 Å². The van der Waals surface area contributed by atoms with Crippen LogP contribution >= 0.6 is 11.3 Å². The first kappa shape index (κ1) is 15.7. The van der Waals surface area contributed by atoms with Crippen LogP contribution in [0.15, 0.2) is 54.7 Å². The van der Waals surface area contributed by atoms with Gasteiger partial charge in [0.15, 0.2) is 5.13 Å². The smallest absolute Gasteiger partial charge is 0.227 e. The van der Waals surface area contributed by atoms with Gasteiger partial charge in [-0.25, -0.2) is 4.98 Å². The zero-order valence-electron chi connectivity index (χ0n) is 13.7. The Balaban J connectivity index is 1.43. The second-order valence-electron chi connectivity index (χ2n) is 5.72. The van der Waals surface area contributed by atoms with Crippen molar-refractivity contribution < 1.29 is 9.53 Å². The van der Waals surface area contributed by atoms with Crippen LogP contribution in [0.2, 0.25) is 0 Å². The molecule has 4 rings (SSSR count). The van der Waals surface area contributed by atoms with E-state index in [9.17, 15) is 4.79 Å². The summed E-state index contributed by atoms with van der Waals surface area (Å²) in [6.07, 6.45) is 2.39. The topological polar surface area (TPSA) is 56.1 Å². The molecule has 0 aliphatic carbocycles. The quantitative estimate of drug-likeness (QED) is 0.583. The number of hydrogen-bond donors (Lipinski definition) is 1. The van der Waals surface area contributed by atoms with Crippen molar-refractivity contribution in [2.75, 3.05) is 12.4 Å². The van der Waals surface area contributed by atoms with E-state index in [2.05, 4.69) is 14.9 Å². The molecule has 5 nitrogen and oxygen atoms in total. The van der Waals surface area contributed by atoms with E-state index in [1.165, 1.54) is 11.3 Å². The number of para-hydroxylation sites is 1. The van der Waals surface area contributed by atoms with Crippen LogP contribution in [0.3, 0.4) is 0 Å². The van der Waals surface area contributed by atoms with Gasteiger partial charge in [0.1, 0.15) is 5.75 Å². The summed E-state index contributed by atoms with van der Waals surface area (Å²) in [6, 6.07) is 15.8. The second-order valence-corrected chi connectivity index (χ2v) is 6.75. The molecule has 0 atom stereocenters. The third-order valence-electron chi connectivity index (χ3n) is 4.10. The number of ether oxygens (including phenoxy) is 1. The zero-order chi connectivity index (χ0) is 17.2. The Bertz CT molecular complexity index is 1020. The number of carbonyl (C=O) groups excluding carboxylic acids is 1. The molecule has 1 N–H and O–H groups in total. The maximum Gasteiger partial charge on any atom is 0.227 e. The predicted molar refractivity (Wildman–Crippen MR) is 101 cm³/mol. The van der Waals surface area contributed by atoms with Crippen molar-refractivity contribution in [3.8, 4) is 5.75 Å². The molecule has 6 heteroatoms. The highest BCUT2D eigenvalue weighted by Gasteiger charge is 2.09. The maximum atomic E-state index is 12.2. The predicted octanol–water partition coefficient (Wildman–Crippen LogP) is 4.29. The van der Waals surface area contributed by atoms with Crippen molar-refractivity contribution in [3.05, 3.63) is 54.7 Å². The molecule has 0 aliphatic heterocycles. The van der Waals surface area contributed by atoms with Gasteiger partial charge in [0, 0.05) is 30.1 Å². The summed E-state index contributed by atoms with van der Waals surface area (Å²) in [5.41, 5.74) is 2.00. The van der Waals surface area contributed by atoms with Gasteiger partial charge >= 0.3 is 0 Å². The number of anilines is 1. The fourth-order valence-electron chi connectivity index (χ4n) is 2.83. The van der Waals surface area contributed by atoms with Crippen molar-refractivity contribution in [2.24, 2.45) is 0 Å². The fraction of sp³-hybridized carbons (Fsp3) is 0.158. The molecule has 126 valence electrons. The average Bonchev–Trinajstić information content (AvgIpc) is 3.22. The molecule has 2 heterocycles. The lowest BCUT2D eigenvalue weighted by atomic mass is 10.2. The van der Waals surface area contributed by atoms with Gasteiger partial charge in [-0.1, -0.05) is 23.5 Å². The molecule has 0 saturated carbocycles. The van der Waals surface area contributed by atoms with E-state index in [0.717, 1.165) is 26.9 Å². The number of aromatic nitrogens is 2. The van der Waals surface area contributed by atoms with Crippen molar-refractivity contribution in [1.29, 1.82) is 0 Å². The van der Waals surface area contributed by atoms with E-state index in [0.29, 0.717) is 18.1 Å². The highest BCUT2D eigenvalue weighted by Crippen LogP contribution is 2.26. The summed E-state index contributed by atoms with van der Waals surface area (Å²) >= 11 is 1.49. The molecule has 4 aromatic rings. The summed E-state index contributed by atoms with van der Waals surface area (Å²) in [4.78, 5) is 16.7. The van der Waals surface area contributed by atoms with Crippen molar-refractivity contribution in [2.45, 2.75) is 13.0 Å². The van der Waals surface area contributed by atoms with Gasteiger partial charge in [0.25, 0.3) is 0 Å². The molecule has 1 amide bonds. The Labute approximate surface area is 148 Å². The minimum Gasteiger partial charge on any atom is -0.497 e. The highest BCUT2D eigenvalue weighted by atomic mass is 32.1. The third kappa shape index (κ3) is 3.21. The molecule has 0 saturated heterocycles. The fourth-order valence-corrected chi connectivity index (χ4v) is 3.71. The van der Waals surface area contributed by atoms with Gasteiger partial charge in [-0.3, -0.25) is 4.79 Å². The first-order valence-corrected chi connectivity index (χ1v) is 8.83. The van der Waals surface area contributed by atoms with Gasteiger partial charge in [-0.15, -0.1) is 0 Å². The lowest BCUT2D eigenvalue weighted by molar-refractivity contribution is -0.116. The van der Waals surface area contributed by atoms with Crippen molar-refractivity contribution in [1.82, 2.24) is 9.55 Å². The first-order valence-electron chi connectivity index (χ1n) is 8.01. The number of benzene rings is 2. The van der Waals surface area contributed by atoms with Crippen LogP contribution in [0, 0.1) is 0 Å². The van der Waals surface area contributed by atoms with Crippen LogP contribution in [-0.4, -0.2) is 22.6 Å². The lowest BCUT2D eigenvalue weighted by Gasteiger charge is -2.06. The van der Waals surface area contributed by atoms with Crippen molar-refractivity contribution >= 4 is 43.5 Å². The number of methoxy groups -OCH3 is 1. The van der Waals surface area contributed by atoms with E-state index in [1.54, 1.807) is 7.11 Å². The number of thiazole rings is 1. The molecular weight excluding hydrogens is 334 g/mol. The first-order chi connectivity index (χ1) is 12.2. The van der Waals surface area contributed by atoms with Crippen LogP contribution < -0.4 is 10.1 Å². The Kier molecular flexibility index (Phi) is 4.11. The second kappa shape index (κ2) is 6.57. The third-order valence-corrected chi connectivity index (χ3v) is 5.05. The number of rotatable bonds is 5. The van der Waals surface area contributed by atoms with Crippen LogP contribution in [0.5, 0.6) is 5.75 Å². The number of nitrogens with zero attached hydrogens (tertiary/aromatic N) is 2. The van der Waals surface area contributed by atoms with Gasteiger partial charge in [0.2, 0.25) is 5.91 Å². The lowest BCUT2D eigenvalue weighted by Crippen LogP contribution is -2.14. The van der Waals surface area contributed by atoms with Gasteiger partial charge in [-0.2, -0.15) is 0 Å². The van der Waals surface area contributed by atoms with Crippen LogP contribution in [0.1, 0.15) is 6.42 Å². The number of nitrogens with one attached hydrogen (secondary N) is 1. The number of aryl methyl sites for hydroxylation is 1. The zero-order valence-corrected chi connectivity index (χ0v) is 14.5. The molecule has 0 spiro atoms. The van der Waals surface area contributed by atoms with Crippen molar-refractivity contribution in [3.63, 3.8) is 0 Å². The van der Waals surface area contributed by atoms with Gasteiger partial charge in [-0.05, 0) is 36.4 Å². The minimum atomic E-state index is -0.0329. The molecule has 0 unspecified atom stereocenters. The number of fused-ring (bicyclic) bond motifs is 2. The van der Waals surface area contributed by atoms with Crippen LogP contribution in [-0.2, 0) is 11.3 Å². The molecule has 2 aromatic carbocycles. The number of amides is 1. The summed E-state index contributed by atoms with van der Waals surface area (Å²) in [5.74, 6) is 0.799. The SMILES string of the molecule is COc1ccc2c(ccn2CCC(=O)Nc2nc3ccccc3s2)c1. The molecule has 25 heavy (non-hydrogen) atoms. The van der Waals surface area contributed by atoms with E-state index in [4.69, 9.17) is 4.74 Å². The van der Waals surface area contributed by atoms with E-state index < -0.39 is 0 Å². The van der Waals surface area contributed by atoms with Crippen LogP contribution in [0.4, 0.5) is 5.13 Å². The Morgan fingerprint density at radius 3 is 2.96 bits per heavy atom.